The first kappa shape index (κ1) is 15.7. The SMILES string of the molecule is CC1(NC(=O)CN2CCOCC2)CCCCC1.Cl. The van der Waals surface area contributed by atoms with Crippen LogP contribution < -0.4 is 5.32 Å². The van der Waals surface area contributed by atoms with E-state index in [0.717, 1.165) is 39.1 Å². The highest BCUT2D eigenvalue weighted by Crippen LogP contribution is 2.27. The lowest BCUT2D eigenvalue weighted by Gasteiger charge is -2.35. The molecule has 1 saturated carbocycles. The van der Waals surface area contributed by atoms with Gasteiger partial charge < -0.3 is 10.1 Å². The van der Waals surface area contributed by atoms with Gasteiger partial charge in [0.1, 0.15) is 0 Å². The Morgan fingerprint density at radius 2 is 1.83 bits per heavy atom. The van der Waals surface area contributed by atoms with Crippen LogP contribution in [0.3, 0.4) is 0 Å². The Hall–Kier alpha value is -0.320. The van der Waals surface area contributed by atoms with Gasteiger partial charge in [-0.25, -0.2) is 0 Å². The maximum atomic E-state index is 12.0. The summed E-state index contributed by atoms with van der Waals surface area (Å²) in [5.41, 5.74) is 0.0433. The molecule has 4 nitrogen and oxygen atoms in total. The Balaban J connectivity index is 0.00000162. The number of ether oxygens (including phenoxy) is 1. The number of halogens is 1. The van der Waals surface area contributed by atoms with Crippen molar-refractivity contribution < 1.29 is 9.53 Å². The van der Waals surface area contributed by atoms with Crippen LogP contribution in [0.25, 0.3) is 0 Å². The summed E-state index contributed by atoms with van der Waals surface area (Å²) in [6.07, 6.45) is 6.06. The second kappa shape index (κ2) is 7.31. The monoisotopic (exact) mass is 276 g/mol. The van der Waals surface area contributed by atoms with Crippen molar-refractivity contribution in [2.45, 2.75) is 44.6 Å². The van der Waals surface area contributed by atoms with Crippen LogP contribution in [-0.4, -0.2) is 49.2 Å². The van der Waals surface area contributed by atoms with Gasteiger partial charge >= 0.3 is 0 Å². The van der Waals surface area contributed by atoms with Gasteiger partial charge in [0.05, 0.1) is 19.8 Å². The van der Waals surface area contributed by atoms with Crippen molar-refractivity contribution in [3.8, 4) is 0 Å². The zero-order chi connectivity index (χ0) is 12.1. The Kier molecular flexibility index (Phi) is 6.39. The molecule has 2 aliphatic rings. The summed E-state index contributed by atoms with van der Waals surface area (Å²) in [6.45, 7) is 5.98. The first-order valence-corrected chi connectivity index (χ1v) is 6.79. The third-order valence-electron chi connectivity index (χ3n) is 3.87. The molecule has 1 saturated heterocycles. The normalized spacial score (nSPS) is 24.1. The zero-order valence-electron chi connectivity index (χ0n) is 11.2. The first-order chi connectivity index (χ1) is 8.18. The Labute approximate surface area is 116 Å². The molecule has 18 heavy (non-hydrogen) atoms. The summed E-state index contributed by atoms with van der Waals surface area (Å²) in [4.78, 5) is 14.2. The standard InChI is InChI=1S/C13H24N2O2.ClH/c1-13(5-3-2-4-6-13)14-12(16)11-15-7-9-17-10-8-15;/h2-11H2,1H3,(H,14,16);1H. The lowest BCUT2D eigenvalue weighted by Crippen LogP contribution is -2.51. The summed E-state index contributed by atoms with van der Waals surface area (Å²) in [6, 6.07) is 0. The number of carbonyl (C=O) groups is 1. The Bertz CT molecular complexity index is 262. The highest BCUT2D eigenvalue weighted by Gasteiger charge is 2.28. The van der Waals surface area contributed by atoms with Crippen LogP contribution >= 0.6 is 12.4 Å². The van der Waals surface area contributed by atoms with E-state index in [9.17, 15) is 4.79 Å². The third kappa shape index (κ3) is 4.75. The minimum atomic E-state index is 0. The fraction of sp³-hybridized carbons (Fsp3) is 0.923. The third-order valence-corrected chi connectivity index (χ3v) is 3.87. The van der Waals surface area contributed by atoms with E-state index in [1.165, 1.54) is 19.3 Å². The molecule has 0 bridgehead atoms. The molecule has 1 amide bonds. The summed E-state index contributed by atoms with van der Waals surface area (Å²) in [5, 5.41) is 3.22. The average Bonchev–Trinajstić information content (AvgIpc) is 2.30. The number of hydrogen-bond acceptors (Lipinski definition) is 3. The Morgan fingerprint density at radius 1 is 1.22 bits per heavy atom. The summed E-state index contributed by atoms with van der Waals surface area (Å²) >= 11 is 0. The molecular formula is C13H25ClN2O2. The van der Waals surface area contributed by atoms with Crippen molar-refractivity contribution in [2.24, 2.45) is 0 Å². The van der Waals surface area contributed by atoms with Crippen molar-refractivity contribution in [1.82, 2.24) is 10.2 Å². The molecular weight excluding hydrogens is 252 g/mol. The summed E-state index contributed by atoms with van der Waals surface area (Å²) < 4.78 is 5.28. The predicted octanol–water partition coefficient (Wildman–Crippen LogP) is 1.58. The number of rotatable bonds is 3. The van der Waals surface area contributed by atoms with E-state index < -0.39 is 0 Å². The molecule has 2 rings (SSSR count). The van der Waals surface area contributed by atoms with Crippen LogP contribution in [-0.2, 0) is 9.53 Å². The van der Waals surface area contributed by atoms with E-state index in [-0.39, 0.29) is 23.9 Å². The zero-order valence-corrected chi connectivity index (χ0v) is 12.1. The molecule has 0 aromatic rings. The van der Waals surface area contributed by atoms with Crippen LogP contribution in [0.15, 0.2) is 0 Å². The number of morpholine rings is 1. The molecule has 1 heterocycles. The molecule has 0 spiro atoms. The number of nitrogens with zero attached hydrogens (tertiary/aromatic N) is 1. The van der Waals surface area contributed by atoms with E-state index in [0.29, 0.717) is 6.54 Å². The largest absolute Gasteiger partial charge is 0.379 e. The number of carbonyl (C=O) groups excluding carboxylic acids is 1. The van der Waals surface area contributed by atoms with Gasteiger partial charge in [-0.3, -0.25) is 9.69 Å². The van der Waals surface area contributed by atoms with E-state index >= 15 is 0 Å². The van der Waals surface area contributed by atoms with Gasteiger partial charge in [0.15, 0.2) is 0 Å². The molecule has 1 N–H and O–H groups in total. The minimum Gasteiger partial charge on any atom is -0.379 e. The number of nitrogens with one attached hydrogen (secondary N) is 1. The van der Waals surface area contributed by atoms with Gasteiger partial charge in [-0.15, -0.1) is 12.4 Å². The van der Waals surface area contributed by atoms with E-state index in [1.54, 1.807) is 0 Å². The molecule has 0 atom stereocenters. The van der Waals surface area contributed by atoms with Gasteiger partial charge in [0.2, 0.25) is 5.91 Å². The van der Waals surface area contributed by atoms with E-state index in [2.05, 4.69) is 17.1 Å². The fourth-order valence-electron chi connectivity index (χ4n) is 2.80. The maximum absolute atomic E-state index is 12.0. The molecule has 1 aliphatic carbocycles. The quantitative estimate of drug-likeness (QED) is 0.851. The second-order valence-corrected chi connectivity index (χ2v) is 5.56. The summed E-state index contributed by atoms with van der Waals surface area (Å²) in [7, 11) is 0. The van der Waals surface area contributed by atoms with Crippen LogP contribution in [0.5, 0.6) is 0 Å². The number of amides is 1. The smallest absolute Gasteiger partial charge is 0.234 e. The lowest BCUT2D eigenvalue weighted by atomic mass is 9.83. The predicted molar refractivity (Wildman–Crippen MR) is 74.1 cm³/mol. The van der Waals surface area contributed by atoms with Crippen LogP contribution in [0.2, 0.25) is 0 Å². The van der Waals surface area contributed by atoms with Gasteiger partial charge in [-0.2, -0.15) is 0 Å². The molecule has 0 aromatic heterocycles. The Morgan fingerprint density at radius 3 is 2.44 bits per heavy atom. The summed E-state index contributed by atoms with van der Waals surface area (Å²) in [5.74, 6) is 0.177. The highest BCUT2D eigenvalue weighted by molar-refractivity contribution is 5.85. The van der Waals surface area contributed by atoms with Crippen molar-refractivity contribution >= 4 is 18.3 Å². The van der Waals surface area contributed by atoms with Gasteiger partial charge in [0.25, 0.3) is 0 Å². The maximum Gasteiger partial charge on any atom is 0.234 e. The topological polar surface area (TPSA) is 41.6 Å². The second-order valence-electron chi connectivity index (χ2n) is 5.56. The molecule has 1 aliphatic heterocycles. The molecule has 5 heteroatoms. The average molecular weight is 277 g/mol. The molecule has 106 valence electrons. The number of hydrogen-bond donors (Lipinski definition) is 1. The van der Waals surface area contributed by atoms with E-state index in [1.807, 2.05) is 0 Å². The molecule has 0 aromatic carbocycles. The van der Waals surface area contributed by atoms with Crippen molar-refractivity contribution in [3.05, 3.63) is 0 Å². The molecule has 0 radical (unpaired) electrons. The van der Waals surface area contributed by atoms with Gasteiger partial charge in [0, 0.05) is 18.6 Å². The van der Waals surface area contributed by atoms with Gasteiger partial charge in [-0.05, 0) is 19.8 Å². The van der Waals surface area contributed by atoms with E-state index in [4.69, 9.17) is 4.74 Å². The molecule has 0 unspecified atom stereocenters. The lowest BCUT2D eigenvalue weighted by molar-refractivity contribution is -0.125. The van der Waals surface area contributed by atoms with Crippen LogP contribution in [0, 0.1) is 0 Å². The fourth-order valence-corrected chi connectivity index (χ4v) is 2.80. The van der Waals surface area contributed by atoms with Crippen molar-refractivity contribution in [2.75, 3.05) is 32.8 Å². The van der Waals surface area contributed by atoms with Crippen LogP contribution in [0.1, 0.15) is 39.0 Å². The minimum absolute atomic E-state index is 0. The van der Waals surface area contributed by atoms with Crippen LogP contribution in [0.4, 0.5) is 0 Å². The highest BCUT2D eigenvalue weighted by atomic mass is 35.5. The van der Waals surface area contributed by atoms with Crippen molar-refractivity contribution in [1.29, 1.82) is 0 Å². The molecule has 2 fully saturated rings. The first-order valence-electron chi connectivity index (χ1n) is 6.79. The van der Waals surface area contributed by atoms with Crippen molar-refractivity contribution in [3.63, 3.8) is 0 Å². The van der Waals surface area contributed by atoms with Gasteiger partial charge in [-0.1, -0.05) is 19.3 Å².